The summed E-state index contributed by atoms with van der Waals surface area (Å²) in [7, 11) is 1.47. The normalized spacial score (nSPS) is 10.0. The Bertz CT molecular complexity index is 851. The lowest BCUT2D eigenvalue weighted by Gasteiger charge is -2.13. The highest BCUT2D eigenvalue weighted by Gasteiger charge is 2.16. The smallest absolute Gasteiger partial charge is 0.339 e. The number of benzene rings is 2. The summed E-state index contributed by atoms with van der Waals surface area (Å²) in [5, 5.41) is 23.7. The van der Waals surface area contributed by atoms with Gasteiger partial charge in [-0.05, 0) is 49.0 Å². The maximum Gasteiger partial charge on any atom is 0.339 e. The van der Waals surface area contributed by atoms with Gasteiger partial charge in [-0.2, -0.15) is 0 Å². The highest BCUT2D eigenvalue weighted by atomic mass is 32.1. The van der Waals surface area contributed by atoms with E-state index < -0.39 is 11.9 Å². The van der Waals surface area contributed by atoms with Crippen molar-refractivity contribution in [2.45, 2.75) is 6.92 Å². The summed E-state index contributed by atoms with van der Waals surface area (Å²) in [5.74, 6) is -1.66. The minimum Gasteiger partial charge on any atom is -0.507 e. The zero-order chi connectivity index (χ0) is 18.6. The van der Waals surface area contributed by atoms with Crippen LogP contribution in [0.25, 0.3) is 0 Å². The van der Waals surface area contributed by atoms with Crippen molar-refractivity contribution in [3.05, 3.63) is 53.1 Å². The summed E-state index contributed by atoms with van der Waals surface area (Å²) in [6.07, 6.45) is 0. The first-order valence-electron chi connectivity index (χ1n) is 7.15. The van der Waals surface area contributed by atoms with Gasteiger partial charge in [0, 0.05) is 5.69 Å². The van der Waals surface area contributed by atoms with Gasteiger partial charge in [0.1, 0.15) is 17.1 Å². The van der Waals surface area contributed by atoms with Crippen LogP contribution in [0, 0.1) is 6.92 Å². The summed E-state index contributed by atoms with van der Waals surface area (Å²) >= 11 is 5.07. The maximum atomic E-state index is 12.4. The molecule has 130 valence electrons. The number of amides is 1. The number of aromatic carboxylic acids is 1. The van der Waals surface area contributed by atoms with Crippen LogP contribution in [0.1, 0.15) is 26.3 Å². The number of carboxylic acids is 1. The maximum absolute atomic E-state index is 12.4. The predicted octanol–water partition coefficient (Wildman–Crippen LogP) is 2.53. The van der Waals surface area contributed by atoms with E-state index in [2.05, 4.69) is 10.6 Å². The molecule has 2 aromatic carbocycles. The lowest BCUT2D eigenvalue weighted by Crippen LogP contribution is -2.34. The number of carbonyl (C=O) groups is 2. The third kappa shape index (κ3) is 4.24. The fourth-order valence-corrected chi connectivity index (χ4v) is 2.43. The van der Waals surface area contributed by atoms with E-state index in [1.807, 2.05) is 13.0 Å². The fourth-order valence-electron chi connectivity index (χ4n) is 2.22. The molecule has 0 aliphatic carbocycles. The Morgan fingerprint density at radius 1 is 1.16 bits per heavy atom. The second-order valence-electron chi connectivity index (χ2n) is 5.10. The Balaban J connectivity index is 2.13. The number of anilines is 1. The van der Waals surface area contributed by atoms with Crippen molar-refractivity contribution >= 4 is 34.9 Å². The molecule has 7 nitrogen and oxygen atoms in total. The van der Waals surface area contributed by atoms with Gasteiger partial charge in [0.25, 0.3) is 5.91 Å². The van der Waals surface area contributed by atoms with E-state index in [1.54, 1.807) is 12.1 Å². The molecule has 0 saturated carbocycles. The molecule has 0 spiro atoms. The summed E-state index contributed by atoms with van der Waals surface area (Å²) in [4.78, 5) is 23.4. The monoisotopic (exact) mass is 360 g/mol. The molecular weight excluding hydrogens is 344 g/mol. The Kier molecular flexibility index (Phi) is 5.56. The molecule has 25 heavy (non-hydrogen) atoms. The van der Waals surface area contributed by atoms with Crippen molar-refractivity contribution in [3.63, 3.8) is 0 Å². The van der Waals surface area contributed by atoms with Crippen molar-refractivity contribution in [1.29, 1.82) is 0 Å². The number of carboxylic acid groups (broad SMARTS) is 1. The molecule has 0 saturated heterocycles. The number of hydrogen-bond donors (Lipinski definition) is 4. The number of nitrogens with one attached hydrogen (secondary N) is 2. The van der Waals surface area contributed by atoms with Gasteiger partial charge >= 0.3 is 5.97 Å². The van der Waals surface area contributed by atoms with E-state index in [1.165, 1.54) is 25.3 Å². The number of para-hydroxylation sites is 1. The van der Waals surface area contributed by atoms with Crippen LogP contribution < -0.4 is 15.4 Å². The van der Waals surface area contributed by atoms with Crippen molar-refractivity contribution in [3.8, 4) is 11.5 Å². The quantitative estimate of drug-likeness (QED) is 0.490. The van der Waals surface area contributed by atoms with Crippen LogP contribution in [0.2, 0.25) is 0 Å². The van der Waals surface area contributed by atoms with E-state index in [0.717, 1.165) is 5.56 Å². The molecule has 0 aromatic heterocycles. The zero-order valence-corrected chi connectivity index (χ0v) is 14.3. The largest absolute Gasteiger partial charge is 0.507 e. The number of methoxy groups -OCH3 is 1. The standard InChI is InChI=1S/C17H16N2O5S/c1-9-4-3-5-11(14(9)24-2)15(21)19-17(25)18-10-6-7-13(20)12(8-10)16(22)23/h3-8,20H,1-2H3,(H,22,23)(H2,18,19,21,25). The fraction of sp³-hybridized carbons (Fsp3) is 0.118. The van der Waals surface area contributed by atoms with E-state index in [4.69, 9.17) is 22.1 Å². The summed E-state index contributed by atoms with van der Waals surface area (Å²) < 4.78 is 5.23. The number of ether oxygens (including phenoxy) is 1. The van der Waals surface area contributed by atoms with Crippen molar-refractivity contribution in [1.82, 2.24) is 5.32 Å². The lowest BCUT2D eigenvalue weighted by atomic mass is 10.1. The van der Waals surface area contributed by atoms with Gasteiger partial charge in [0.15, 0.2) is 5.11 Å². The molecule has 0 bridgehead atoms. The molecule has 2 rings (SSSR count). The number of hydrogen-bond acceptors (Lipinski definition) is 5. The van der Waals surface area contributed by atoms with Crippen LogP contribution in [-0.2, 0) is 0 Å². The molecule has 0 fully saturated rings. The number of aryl methyl sites for hydroxylation is 1. The number of thiocarbonyl (C=S) groups is 1. The number of phenols is 1. The van der Waals surface area contributed by atoms with Gasteiger partial charge < -0.3 is 20.3 Å². The van der Waals surface area contributed by atoms with Crippen LogP contribution in [-0.4, -0.2) is 34.3 Å². The minimum atomic E-state index is -1.28. The first kappa shape index (κ1) is 18.2. The van der Waals surface area contributed by atoms with Gasteiger partial charge in [-0.1, -0.05) is 12.1 Å². The van der Waals surface area contributed by atoms with E-state index in [9.17, 15) is 14.7 Å². The van der Waals surface area contributed by atoms with E-state index in [0.29, 0.717) is 17.0 Å². The molecule has 0 heterocycles. The first-order chi connectivity index (χ1) is 11.8. The second kappa shape index (κ2) is 7.63. The lowest BCUT2D eigenvalue weighted by molar-refractivity contribution is 0.0693. The molecule has 0 aliphatic heterocycles. The number of rotatable bonds is 4. The Hall–Kier alpha value is -3.13. The minimum absolute atomic E-state index is 0.0180. The molecule has 4 N–H and O–H groups in total. The third-order valence-corrected chi connectivity index (χ3v) is 3.58. The molecule has 8 heteroatoms. The summed E-state index contributed by atoms with van der Waals surface area (Å²) in [6.45, 7) is 1.82. The van der Waals surface area contributed by atoms with Gasteiger partial charge in [0.05, 0.1) is 12.7 Å². The van der Waals surface area contributed by atoms with E-state index >= 15 is 0 Å². The van der Waals surface area contributed by atoms with Crippen LogP contribution in [0.5, 0.6) is 11.5 Å². The second-order valence-corrected chi connectivity index (χ2v) is 5.51. The molecular formula is C17H16N2O5S. The van der Waals surface area contributed by atoms with Crippen LogP contribution >= 0.6 is 12.2 Å². The number of aromatic hydroxyl groups is 1. The molecule has 0 atom stereocenters. The molecule has 0 aliphatic rings. The molecule has 0 unspecified atom stereocenters. The molecule has 2 aromatic rings. The van der Waals surface area contributed by atoms with Gasteiger partial charge in [-0.25, -0.2) is 4.79 Å². The van der Waals surface area contributed by atoms with Crippen molar-refractivity contribution in [2.75, 3.05) is 12.4 Å². The third-order valence-electron chi connectivity index (χ3n) is 3.37. The topological polar surface area (TPSA) is 108 Å². The predicted molar refractivity (Wildman–Crippen MR) is 96.5 cm³/mol. The van der Waals surface area contributed by atoms with Crippen LogP contribution in [0.4, 0.5) is 5.69 Å². The Labute approximate surface area is 149 Å². The van der Waals surface area contributed by atoms with Gasteiger partial charge in [-0.3, -0.25) is 10.1 Å². The highest BCUT2D eigenvalue weighted by Crippen LogP contribution is 2.23. The van der Waals surface area contributed by atoms with Crippen LogP contribution in [0.15, 0.2) is 36.4 Å². The highest BCUT2D eigenvalue weighted by molar-refractivity contribution is 7.80. The van der Waals surface area contributed by atoms with Crippen molar-refractivity contribution in [2.24, 2.45) is 0 Å². The van der Waals surface area contributed by atoms with Gasteiger partial charge in [0.2, 0.25) is 0 Å². The Morgan fingerprint density at radius 3 is 2.52 bits per heavy atom. The molecule has 1 amide bonds. The van der Waals surface area contributed by atoms with Crippen molar-refractivity contribution < 1.29 is 24.5 Å². The first-order valence-corrected chi connectivity index (χ1v) is 7.56. The van der Waals surface area contributed by atoms with Gasteiger partial charge in [-0.15, -0.1) is 0 Å². The summed E-state index contributed by atoms with van der Waals surface area (Å²) in [6, 6.07) is 9.02. The zero-order valence-electron chi connectivity index (χ0n) is 13.5. The average molecular weight is 360 g/mol. The average Bonchev–Trinajstić information content (AvgIpc) is 2.55. The molecule has 0 radical (unpaired) electrons. The van der Waals surface area contributed by atoms with Crippen LogP contribution in [0.3, 0.4) is 0 Å². The number of carbonyl (C=O) groups excluding carboxylic acids is 1. The Morgan fingerprint density at radius 2 is 1.88 bits per heavy atom. The van der Waals surface area contributed by atoms with E-state index in [-0.39, 0.29) is 16.4 Å². The summed E-state index contributed by atoms with van der Waals surface area (Å²) in [5.41, 5.74) is 1.17. The SMILES string of the molecule is COc1c(C)cccc1C(=O)NC(=S)Nc1ccc(O)c(C(=O)O)c1.